The van der Waals surface area contributed by atoms with Crippen molar-refractivity contribution in [1.29, 1.82) is 0 Å². The van der Waals surface area contributed by atoms with E-state index in [1.54, 1.807) is 0 Å². The van der Waals surface area contributed by atoms with Crippen LogP contribution in [0, 0.1) is 17.6 Å². The quantitative estimate of drug-likeness (QED) is 0.758. The van der Waals surface area contributed by atoms with Gasteiger partial charge < -0.3 is 9.47 Å². The summed E-state index contributed by atoms with van der Waals surface area (Å²) in [5, 5.41) is 0. The molecule has 0 saturated carbocycles. The number of carbonyl (C=O) groups excluding carboxylic acids is 1. The third-order valence-electron chi connectivity index (χ3n) is 2.85. The Hall–Kier alpha value is -1.33. The number of ether oxygens (including phenoxy) is 2. The minimum atomic E-state index is -0.854. The average molecular weight is 256 g/mol. The second-order valence-electron chi connectivity index (χ2n) is 4.26. The number of benzene rings is 1. The first kappa shape index (κ1) is 13.1. The van der Waals surface area contributed by atoms with Gasteiger partial charge in [0.1, 0.15) is 18.2 Å². The largest absolute Gasteiger partial charge is 0.381 e. The van der Waals surface area contributed by atoms with Gasteiger partial charge in [0, 0.05) is 12.5 Å². The van der Waals surface area contributed by atoms with Gasteiger partial charge in [-0.25, -0.2) is 8.78 Å². The molecule has 1 aromatic rings. The standard InChI is InChI=1S/C13H14F2O3/c14-10-2-1-3-11(15)13(10)12(16)8-18-7-9-4-5-17-6-9/h1-3,9H,4-8H2. The summed E-state index contributed by atoms with van der Waals surface area (Å²) < 4.78 is 36.9. The summed E-state index contributed by atoms with van der Waals surface area (Å²) in [5.41, 5.74) is -0.528. The molecule has 98 valence electrons. The number of hydrogen-bond acceptors (Lipinski definition) is 3. The molecule has 3 nitrogen and oxygen atoms in total. The van der Waals surface area contributed by atoms with Crippen LogP contribution < -0.4 is 0 Å². The van der Waals surface area contributed by atoms with Crippen LogP contribution in [0.5, 0.6) is 0 Å². The van der Waals surface area contributed by atoms with Gasteiger partial charge in [-0.05, 0) is 18.6 Å². The lowest BCUT2D eigenvalue weighted by Gasteiger charge is -2.08. The minimum Gasteiger partial charge on any atom is -0.381 e. The molecule has 1 fully saturated rings. The van der Waals surface area contributed by atoms with Crippen molar-refractivity contribution < 1.29 is 23.0 Å². The van der Waals surface area contributed by atoms with E-state index in [0.717, 1.165) is 18.6 Å². The molecule has 1 atom stereocenters. The van der Waals surface area contributed by atoms with E-state index in [-0.39, 0.29) is 12.5 Å². The van der Waals surface area contributed by atoms with Crippen LogP contribution in [0.3, 0.4) is 0 Å². The Kier molecular flexibility index (Phi) is 4.38. The number of carbonyl (C=O) groups is 1. The summed E-state index contributed by atoms with van der Waals surface area (Å²) in [6, 6.07) is 3.33. The van der Waals surface area contributed by atoms with Gasteiger partial charge in [0.25, 0.3) is 0 Å². The Morgan fingerprint density at radius 3 is 2.72 bits per heavy atom. The lowest BCUT2D eigenvalue weighted by molar-refractivity contribution is 0.0644. The van der Waals surface area contributed by atoms with Gasteiger partial charge in [0.2, 0.25) is 0 Å². The molecule has 1 heterocycles. The van der Waals surface area contributed by atoms with Gasteiger partial charge in [0.05, 0.1) is 18.8 Å². The summed E-state index contributed by atoms with van der Waals surface area (Å²) in [7, 11) is 0. The van der Waals surface area contributed by atoms with E-state index in [1.807, 2.05) is 0 Å². The molecule has 1 saturated heterocycles. The van der Waals surface area contributed by atoms with Crippen molar-refractivity contribution in [1.82, 2.24) is 0 Å². The first-order valence-electron chi connectivity index (χ1n) is 5.81. The SMILES string of the molecule is O=C(COCC1CCOC1)c1c(F)cccc1F. The molecular weight excluding hydrogens is 242 g/mol. The highest BCUT2D eigenvalue weighted by molar-refractivity contribution is 5.97. The zero-order valence-electron chi connectivity index (χ0n) is 9.83. The molecule has 0 spiro atoms. The number of Topliss-reactive ketones (excluding diaryl/α,β-unsaturated/α-hetero) is 1. The minimum absolute atomic E-state index is 0.267. The van der Waals surface area contributed by atoms with E-state index < -0.39 is 23.0 Å². The molecule has 1 aromatic carbocycles. The van der Waals surface area contributed by atoms with Gasteiger partial charge in [0.15, 0.2) is 5.78 Å². The summed E-state index contributed by atoms with van der Waals surface area (Å²) in [5.74, 6) is -2.12. The highest BCUT2D eigenvalue weighted by Crippen LogP contribution is 2.15. The predicted molar refractivity (Wildman–Crippen MR) is 60.4 cm³/mol. The maximum Gasteiger partial charge on any atom is 0.194 e. The molecule has 1 unspecified atom stereocenters. The molecule has 18 heavy (non-hydrogen) atoms. The Bertz CT molecular complexity index is 408. The van der Waals surface area contributed by atoms with Gasteiger partial charge in [-0.1, -0.05) is 6.07 Å². The zero-order chi connectivity index (χ0) is 13.0. The fraction of sp³-hybridized carbons (Fsp3) is 0.462. The predicted octanol–water partition coefficient (Wildman–Crippen LogP) is 2.20. The topological polar surface area (TPSA) is 35.5 Å². The summed E-state index contributed by atoms with van der Waals surface area (Å²) in [6.07, 6.45) is 0.891. The van der Waals surface area contributed by atoms with Gasteiger partial charge in [-0.15, -0.1) is 0 Å². The van der Waals surface area contributed by atoms with E-state index in [9.17, 15) is 13.6 Å². The first-order valence-corrected chi connectivity index (χ1v) is 5.81. The Labute approximate surface area is 104 Å². The van der Waals surface area contributed by atoms with Crippen molar-refractivity contribution in [2.75, 3.05) is 26.4 Å². The smallest absolute Gasteiger partial charge is 0.194 e. The van der Waals surface area contributed by atoms with Gasteiger partial charge in [-0.2, -0.15) is 0 Å². The lowest BCUT2D eigenvalue weighted by atomic mass is 10.1. The van der Waals surface area contributed by atoms with E-state index in [2.05, 4.69) is 0 Å². The molecule has 1 aliphatic rings. The maximum atomic E-state index is 13.3. The second kappa shape index (κ2) is 6.02. The van der Waals surface area contributed by atoms with Crippen molar-refractivity contribution >= 4 is 5.78 Å². The third kappa shape index (κ3) is 3.11. The van der Waals surface area contributed by atoms with Crippen molar-refractivity contribution in [3.63, 3.8) is 0 Å². The highest BCUT2D eigenvalue weighted by Gasteiger charge is 2.19. The molecule has 0 bridgehead atoms. The van der Waals surface area contributed by atoms with Crippen molar-refractivity contribution in [2.24, 2.45) is 5.92 Å². The summed E-state index contributed by atoms with van der Waals surface area (Å²) in [4.78, 5) is 11.6. The Morgan fingerprint density at radius 2 is 2.11 bits per heavy atom. The maximum absolute atomic E-state index is 13.3. The summed E-state index contributed by atoms with van der Waals surface area (Å²) >= 11 is 0. The molecular formula is C13H14F2O3. The van der Waals surface area contributed by atoms with Crippen LogP contribution in [0.4, 0.5) is 8.78 Å². The van der Waals surface area contributed by atoms with Gasteiger partial charge >= 0.3 is 0 Å². The van der Waals surface area contributed by atoms with Crippen molar-refractivity contribution in [2.45, 2.75) is 6.42 Å². The van der Waals surface area contributed by atoms with Crippen LogP contribution in [-0.4, -0.2) is 32.2 Å². The number of hydrogen-bond donors (Lipinski definition) is 0. The molecule has 5 heteroatoms. The molecule has 0 radical (unpaired) electrons. The molecule has 0 amide bonds. The highest BCUT2D eigenvalue weighted by atomic mass is 19.1. The fourth-order valence-corrected chi connectivity index (χ4v) is 1.87. The lowest BCUT2D eigenvalue weighted by Crippen LogP contribution is -2.17. The van der Waals surface area contributed by atoms with Crippen LogP contribution in [0.25, 0.3) is 0 Å². The van der Waals surface area contributed by atoms with Gasteiger partial charge in [-0.3, -0.25) is 4.79 Å². The van der Waals surface area contributed by atoms with Crippen LogP contribution in [0.1, 0.15) is 16.8 Å². The van der Waals surface area contributed by atoms with E-state index in [1.165, 1.54) is 6.07 Å². The summed E-state index contributed by atoms with van der Waals surface area (Å²) in [6.45, 7) is 1.38. The van der Waals surface area contributed by atoms with Crippen molar-refractivity contribution in [3.8, 4) is 0 Å². The van der Waals surface area contributed by atoms with E-state index >= 15 is 0 Å². The molecule has 1 aliphatic heterocycles. The second-order valence-corrected chi connectivity index (χ2v) is 4.26. The van der Waals surface area contributed by atoms with Crippen LogP contribution in [0.2, 0.25) is 0 Å². The van der Waals surface area contributed by atoms with Crippen molar-refractivity contribution in [3.05, 3.63) is 35.4 Å². The number of rotatable bonds is 5. The number of halogens is 2. The normalized spacial score (nSPS) is 19.1. The molecule has 2 rings (SSSR count). The zero-order valence-corrected chi connectivity index (χ0v) is 9.83. The molecule has 0 aromatic heterocycles. The number of ketones is 1. The fourth-order valence-electron chi connectivity index (χ4n) is 1.87. The van der Waals surface area contributed by atoms with Crippen LogP contribution in [0.15, 0.2) is 18.2 Å². The Balaban J connectivity index is 1.87. The van der Waals surface area contributed by atoms with E-state index in [0.29, 0.717) is 19.8 Å². The average Bonchev–Trinajstić information content (AvgIpc) is 2.82. The monoisotopic (exact) mass is 256 g/mol. The first-order chi connectivity index (χ1) is 8.68. The van der Waals surface area contributed by atoms with E-state index in [4.69, 9.17) is 9.47 Å². The van der Waals surface area contributed by atoms with Crippen LogP contribution in [-0.2, 0) is 9.47 Å². The molecule has 0 N–H and O–H groups in total. The Morgan fingerprint density at radius 1 is 1.39 bits per heavy atom. The molecule has 0 aliphatic carbocycles. The third-order valence-corrected chi connectivity index (χ3v) is 2.85. The van der Waals surface area contributed by atoms with Crippen LogP contribution >= 0.6 is 0 Å².